The second-order valence-electron chi connectivity index (χ2n) is 9.60. The highest BCUT2D eigenvalue weighted by Gasteiger charge is 2.16. The van der Waals surface area contributed by atoms with Crippen LogP contribution in [0.4, 0.5) is 0 Å². The first-order valence-corrected chi connectivity index (χ1v) is 13.2. The van der Waals surface area contributed by atoms with E-state index in [1.54, 1.807) is 0 Å². The predicted molar refractivity (Wildman–Crippen MR) is 156 cm³/mol. The maximum Gasteiger partial charge on any atom is 0.126 e. The summed E-state index contributed by atoms with van der Waals surface area (Å²) in [5.74, 6) is 1.85. The van der Waals surface area contributed by atoms with Crippen LogP contribution in [0.15, 0.2) is 115 Å². The van der Waals surface area contributed by atoms with Crippen molar-refractivity contribution in [3.05, 3.63) is 149 Å². The van der Waals surface area contributed by atoms with Crippen molar-refractivity contribution in [2.24, 2.45) is 0 Å². The molecule has 0 aliphatic heterocycles. The Labute approximate surface area is 234 Å². The summed E-state index contributed by atoms with van der Waals surface area (Å²) < 4.78 is 17.6. The van der Waals surface area contributed by atoms with Gasteiger partial charge in [0.1, 0.15) is 42.0 Å². The summed E-state index contributed by atoms with van der Waals surface area (Å²) in [6, 6.07) is 37.2. The van der Waals surface area contributed by atoms with Gasteiger partial charge in [0.15, 0.2) is 0 Å². The molecule has 0 saturated carbocycles. The summed E-state index contributed by atoms with van der Waals surface area (Å²) >= 11 is 0. The Kier molecular flexibility index (Phi) is 8.52. The monoisotopic (exact) mass is 532 g/mol. The van der Waals surface area contributed by atoms with Gasteiger partial charge in [0, 0.05) is 30.5 Å². The second kappa shape index (κ2) is 12.8. The zero-order valence-corrected chi connectivity index (χ0v) is 22.4. The van der Waals surface area contributed by atoms with Gasteiger partial charge in [-0.25, -0.2) is 0 Å². The molecule has 5 nitrogen and oxygen atoms in total. The maximum atomic E-state index is 10.7. The van der Waals surface area contributed by atoms with Crippen molar-refractivity contribution in [1.29, 1.82) is 0 Å². The van der Waals surface area contributed by atoms with E-state index >= 15 is 0 Å². The van der Waals surface area contributed by atoms with Crippen LogP contribution >= 0.6 is 0 Å². The first-order valence-electron chi connectivity index (χ1n) is 13.2. The summed E-state index contributed by atoms with van der Waals surface area (Å²) in [4.78, 5) is 0. The zero-order valence-electron chi connectivity index (χ0n) is 22.4. The van der Waals surface area contributed by atoms with Crippen LogP contribution in [0.5, 0.6) is 28.7 Å². The molecule has 0 spiro atoms. The zero-order chi connectivity index (χ0) is 27.7. The van der Waals surface area contributed by atoms with Gasteiger partial charge in [0.25, 0.3) is 0 Å². The molecule has 0 radical (unpaired) electrons. The summed E-state index contributed by atoms with van der Waals surface area (Å²) in [6.45, 7) is 0.898. The Hall–Kier alpha value is -4.90. The van der Waals surface area contributed by atoms with Crippen molar-refractivity contribution in [3.63, 3.8) is 0 Å². The molecule has 5 rings (SSSR count). The second-order valence-corrected chi connectivity index (χ2v) is 9.60. The highest BCUT2D eigenvalue weighted by atomic mass is 16.5. The average molecular weight is 533 g/mol. The molecule has 0 unspecified atom stereocenters. The molecular formula is C35H32O5. The minimum absolute atomic E-state index is 0.0316. The van der Waals surface area contributed by atoms with Crippen molar-refractivity contribution in [2.75, 3.05) is 7.11 Å². The fraction of sp³-hybridized carbons (Fsp3) is 0.143. The van der Waals surface area contributed by atoms with E-state index in [-0.39, 0.29) is 17.9 Å². The molecule has 0 aromatic heterocycles. The van der Waals surface area contributed by atoms with Crippen LogP contribution in [-0.2, 0) is 26.1 Å². The first-order chi connectivity index (χ1) is 19.6. The summed E-state index contributed by atoms with van der Waals surface area (Å²) in [5.41, 5.74) is 5.56. The Morgan fingerprint density at radius 3 is 1.68 bits per heavy atom. The largest absolute Gasteiger partial charge is 0.507 e. The van der Waals surface area contributed by atoms with Crippen molar-refractivity contribution in [1.82, 2.24) is 0 Å². The van der Waals surface area contributed by atoms with E-state index < -0.39 is 0 Å². The number of ether oxygens (including phenoxy) is 3. The van der Waals surface area contributed by atoms with Crippen LogP contribution in [0.25, 0.3) is 0 Å². The van der Waals surface area contributed by atoms with Gasteiger partial charge >= 0.3 is 0 Å². The third-order valence-corrected chi connectivity index (χ3v) is 6.75. The van der Waals surface area contributed by atoms with Crippen molar-refractivity contribution in [3.8, 4) is 28.7 Å². The molecule has 0 saturated heterocycles. The highest BCUT2D eigenvalue weighted by molar-refractivity contribution is 5.53. The lowest BCUT2D eigenvalue weighted by Crippen LogP contribution is -2.02. The Balaban J connectivity index is 1.42. The SMILES string of the molecule is COc1cc(O)c(Cc2cc(Cc3ccccc3OCc3ccccc3)ccc2OCc2ccccc2)c(O)c1. The van der Waals surface area contributed by atoms with E-state index in [0.29, 0.717) is 36.7 Å². The lowest BCUT2D eigenvalue weighted by molar-refractivity contribution is 0.302. The fourth-order valence-corrected chi connectivity index (χ4v) is 4.61. The third kappa shape index (κ3) is 6.75. The van der Waals surface area contributed by atoms with E-state index in [0.717, 1.165) is 33.6 Å². The summed E-state index contributed by atoms with van der Waals surface area (Å²) in [5, 5.41) is 21.3. The molecule has 0 atom stereocenters. The van der Waals surface area contributed by atoms with E-state index in [4.69, 9.17) is 14.2 Å². The molecule has 0 heterocycles. The lowest BCUT2D eigenvalue weighted by atomic mass is 9.97. The van der Waals surface area contributed by atoms with E-state index in [1.165, 1.54) is 19.2 Å². The molecule has 0 aliphatic carbocycles. The lowest BCUT2D eigenvalue weighted by Gasteiger charge is -2.16. The van der Waals surface area contributed by atoms with Gasteiger partial charge in [-0.05, 0) is 39.9 Å². The van der Waals surface area contributed by atoms with Gasteiger partial charge in [0.05, 0.1) is 7.11 Å². The van der Waals surface area contributed by atoms with Gasteiger partial charge in [0.2, 0.25) is 0 Å². The molecule has 0 bridgehead atoms. The van der Waals surface area contributed by atoms with Crippen LogP contribution < -0.4 is 14.2 Å². The van der Waals surface area contributed by atoms with Gasteiger partial charge < -0.3 is 24.4 Å². The maximum absolute atomic E-state index is 10.7. The Bertz CT molecular complexity index is 1520. The van der Waals surface area contributed by atoms with Crippen LogP contribution in [0, 0.1) is 0 Å². The Morgan fingerprint density at radius 2 is 1.07 bits per heavy atom. The number of hydrogen-bond donors (Lipinski definition) is 2. The number of aromatic hydroxyl groups is 2. The number of rotatable bonds is 11. The minimum Gasteiger partial charge on any atom is -0.507 e. The number of hydrogen-bond acceptors (Lipinski definition) is 5. The molecule has 5 aromatic carbocycles. The van der Waals surface area contributed by atoms with Gasteiger partial charge in [-0.1, -0.05) is 91.0 Å². The van der Waals surface area contributed by atoms with Crippen LogP contribution in [0.1, 0.15) is 33.4 Å². The molecule has 5 aromatic rings. The number of methoxy groups -OCH3 is 1. The molecule has 0 fully saturated rings. The average Bonchev–Trinajstić information content (AvgIpc) is 2.99. The molecular weight excluding hydrogens is 500 g/mol. The van der Waals surface area contributed by atoms with Crippen molar-refractivity contribution >= 4 is 0 Å². The standard InChI is InChI=1S/C35H32O5/c1-38-30-21-32(36)31(33(37)22-30)20-29-19-27(16-17-35(29)40-24-26-12-6-3-7-13-26)18-28-14-8-9-15-34(28)39-23-25-10-4-2-5-11-25/h2-17,19,21-22,36-37H,18,20,23-24H2,1H3. The predicted octanol–water partition coefficient (Wildman–Crippen LogP) is 7.45. The van der Waals surface area contributed by atoms with Gasteiger partial charge in [-0.15, -0.1) is 0 Å². The molecule has 0 aliphatic rings. The number of phenolic OH excluding ortho intramolecular Hbond substituents is 2. The van der Waals surface area contributed by atoms with Gasteiger partial charge in [-0.2, -0.15) is 0 Å². The molecule has 0 amide bonds. The van der Waals surface area contributed by atoms with E-state index in [9.17, 15) is 10.2 Å². The summed E-state index contributed by atoms with van der Waals surface area (Å²) in [6.07, 6.45) is 0.934. The molecule has 202 valence electrons. The number of para-hydroxylation sites is 1. The smallest absolute Gasteiger partial charge is 0.126 e. The topological polar surface area (TPSA) is 68.2 Å². The van der Waals surface area contributed by atoms with Crippen LogP contribution in [-0.4, -0.2) is 17.3 Å². The fourth-order valence-electron chi connectivity index (χ4n) is 4.61. The first kappa shape index (κ1) is 26.7. The summed E-state index contributed by atoms with van der Waals surface area (Å²) in [7, 11) is 1.49. The van der Waals surface area contributed by atoms with Crippen LogP contribution in [0.3, 0.4) is 0 Å². The normalized spacial score (nSPS) is 10.7. The molecule has 40 heavy (non-hydrogen) atoms. The van der Waals surface area contributed by atoms with Gasteiger partial charge in [-0.3, -0.25) is 0 Å². The third-order valence-electron chi connectivity index (χ3n) is 6.75. The molecule has 2 N–H and O–H groups in total. The molecule has 5 heteroatoms. The quantitative estimate of drug-likeness (QED) is 0.185. The van der Waals surface area contributed by atoms with Crippen LogP contribution in [0.2, 0.25) is 0 Å². The minimum atomic E-state index is -0.0316. The number of phenols is 2. The van der Waals surface area contributed by atoms with E-state index in [1.807, 2.05) is 91.0 Å². The highest BCUT2D eigenvalue weighted by Crippen LogP contribution is 2.36. The van der Waals surface area contributed by atoms with Crippen molar-refractivity contribution < 1.29 is 24.4 Å². The Morgan fingerprint density at radius 1 is 0.525 bits per heavy atom. The number of benzene rings is 5. The van der Waals surface area contributed by atoms with E-state index in [2.05, 4.69) is 12.1 Å². The van der Waals surface area contributed by atoms with Crippen molar-refractivity contribution in [2.45, 2.75) is 26.1 Å².